The predicted molar refractivity (Wildman–Crippen MR) is 96.1 cm³/mol. The average molecular weight is 351 g/mol. The molecule has 0 radical (unpaired) electrons. The average Bonchev–Trinajstić information content (AvgIpc) is 2.61. The number of amides is 1. The molecule has 0 aromatic heterocycles. The predicted octanol–water partition coefficient (Wildman–Crippen LogP) is 0.141. The molecule has 7 heteroatoms. The number of carbonyl (C=O) groups is 1. The van der Waals surface area contributed by atoms with Crippen molar-refractivity contribution < 1.29 is 19.4 Å². The van der Waals surface area contributed by atoms with Crippen molar-refractivity contribution in [1.82, 2.24) is 14.7 Å². The third kappa shape index (κ3) is 6.19. The van der Waals surface area contributed by atoms with Gasteiger partial charge in [0, 0.05) is 46.8 Å². The quantitative estimate of drug-likeness (QED) is 0.719. The van der Waals surface area contributed by atoms with Crippen molar-refractivity contribution >= 4 is 5.91 Å². The number of β-amino-alcohol motifs (C(OH)–C–C–N with tert-alkyl or cyclic N) is 1. The van der Waals surface area contributed by atoms with Crippen molar-refractivity contribution in [3.8, 4) is 11.5 Å². The third-order valence-corrected chi connectivity index (χ3v) is 4.29. The van der Waals surface area contributed by atoms with Crippen LogP contribution in [0.5, 0.6) is 11.5 Å². The van der Waals surface area contributed by atoms with E-state index in [4.69, 9.17) is 9.47 Å². The maximum Gasteiger partial charge on any atom is 0.236 e. The molecule has 7 nitrogen and oxygen atoms in total. The molecule has 1 N–H and O–H groups in total. The van der Waals surface area contributed by atoms with Gasteiger partial charge in [0.15, 0.2) is 11.5 Å². The van der Waals surface area contributed by atoms with Gasteiger partial charge >= 0.3 is 0 Å². The van der Waals surface area contributed by atoms with Gasteiger partial charge in [-0.1, -0.05) is 12.1 Å². The fraction of sp³-hybridized carbons (Fsp3) is 0.611. The molecular weight excluding hydrogens is 322 g/mol. The topological polar surface area (TPSA) is 65.5 Å². The summed E-state index contributed by atoms with van der Waals surface area (Å²) < 4.78 is 10.9. The number of benzene rings is 1. The highest BCUT2D eigenvalue weighted by molar-refractivity contribution is 5.77. The van der Waals surface area contributed by atoms with Gasteiger partial charge in [0.05, 0.1) is 13.7 Å². The lowest BCUT2D eigenvalue weighted by atomic mass is 10.2. The van der Waals surface area contributed by atoms with Crippen LogP contribution >= 0.6 is 0 Å². The van der Waals surface area contributed by atoms with Crippen molar-refractivity contribution in [3.63, 3.8) is 0 Å². The summed E-state index contributed by atoms with van der Waals surface area (Å²) in [6.45, 7) is 4.59. The van der Waals surface area contributed by atoms with Crippen LogP contribution in [-0.2, 0) is 4.79 Å². The first-order valence-electron chi connectivity index (χ1n) is 8.58. The smallest absolute Gasteiger partial charge is 0.236 e. The Kier molecular flexibility index (Phi) is 7.49. The minimum Gasteiger partial charge on any atom is -0.493 e. The maximum absolute atomic E-state index is 11.7. The largest absolute Gasteiger partial charge is 0.493 e. The van der Waals surface area contributed by atoms with E-state index in [9.17, 15) is 9.90 Å². The monoisotopic (exact) mass is 351 g/mol. The Labute approximate surface area is 149 Å². The van der Waals surface area contributed by atoms with Crippen LogP contribution in [0.3, 0.4) is 0 Å². The van der Waals surface area contributed by atoms with Gasteiger partial charge in [-0.2, -0.15) is 0 Å². The summed E-state index contributed by atoms with van der Waals surface area (Å²) in [6, 6.07) is 7.41. The van der Waals surface area contributed by atoms with E-state index < -0.39 is 6.10 Å². The number of para-hydroxylation sites is 2. The number of likely N-dealkylation sites (N-methyl/N-ethyl adjacent to an activating group) is 1. The summed E-state index contributed by atoms with van der Waals surface area (Å²) in [6.07, 6.45) is -0.570. The van der Waals surface area contributed by atoms with Gasteiger partial charge < -0.3 is 19.5 Å². The van der Waals surface area contributed by atoms with E-state index >= 15 is 0 Å². The molecule has 0 spiro atoms. The number of carbonyl (C=O) groups excluding carboxylic acids is 1. The Morgan fingerprint density at radius 1 is 1.16 bits per heavy atom. The number of hydrogen-bond acceptors (Lipinski definition) is 6. The van der Waals surface area contributed by atoms with E-state index in [1.165, 1.54) is 0 Å². The first kappa shape index (κ1) is 19.5. The molecule has 25 heavy (non-hydrogen) atoms. The highest BCUT2D eigenvalue weighted by atomic mass is 16.5. The van der Waals surface area contributed by atoms with Crippen molar-refractivity contribution in [1.29, 1.82) is 0 Å². The molecule has 140 valence electrons. The third-order valence-electron chi connectivity index (χ3n) is 4.29. The van der Waals surface area contributed by atoms with Crippen LogP contribution in [0.25, 0.3) is 0 Å². The standard InChI is InChI=1S/C18H29N3O4/c1-19(2)18(23)13-21-10-8-20(9-11-21)12-15(22)14-25-17-7-5-4-6-16(17)24-3/h4-7,15,22H,8-14H2,1-3H3/t15-/m1/s1. The normalized spacial score (nSPS) is 17.1. The fourth-order valence-electron chi connectivity index (χ4n) is 2.74. The Morgan fingerprint density at radius 3 is 2.36 bits per heavy atom. The summed E-state index contributed by atoms with van der Waals surface area (Å²) in [5, 5.41) is 10.2. The lowest BCUT2D eigenvalue weighted by molar-refractivity contribution is -0.130. The molecule has 0 saturated carbocycles. The number of aliphatic hydroxyl groups excluding tert-OH is 1. The van der Waals surface area contributed by atoms with Gasteiger partial charge in [-0.15, -0.1) is 0 Å². The SMILES string of the molecule is COc1ccccc1OC[C@H](O)CN1CCN(CC(=O)N(C)C)CC1. The van der Waals surface area contributed by atoms with Gasteiger partial charge in [-0.05, 0) is 12.1 Å². The Bertz CT molecular complexity index is 545. The van der Waals surface area contributed by atoms with Crippen LogP contribution in [0.15, 0.2) is 24.3 Å². The second-order valence-electron chi connectivity index (χ2n) is 6.48. The maximum atomic E-state index is 11.7. The Morgan fingerprint density at radius 2 is 1.76 bits per heavy atom. The highest BCUT2D eigenvalue weighted by Gasteiger charge is 2.21. The van der Waals surface area contributed by atoms with E-state index in [2.05, 4.69) is 9.80 Å². The fourth-order valence-corrected chi connectivity index (χ4v) is 2.74. The Hall–Kier alpha value is -1.83. The molecular formula is C18H29N3O4. The molecule has 1 heterocycles. The first-order chi connectivity index (χ1) is 12.0. The van der Waals surface area contributed by atoms with Crippen LogP contribution in [-0.4, -0.2) is 98.9 Å². The molecule has 0 bridgehead atoms. The number of hydrogen-bond donors (Lipinski definition) is 1. The van der Waals surface area contributed by atoms with Gasteiger partial charge in [0.1, 0.15) is 12.7 Å². The summed E-state index contributed by atoms with van der Waals surface area (Å²) in [7, 11) is 5.15. The molecule has 1 amide bonds. The number of rotatable bonds is 8. The molecule has 1 aromatic rings. The van der Waals surface area contributed by atoms with Crippen LogP contribution in [0.4, 0.5) is 0 Å². The molecule has 1 fully saturated rings. The van der Waals surface area contributed by atoms with E-state index in [-0.39, 0.29) is 12.5 Å². The van der Waals surface area contributed by atoms with Crippen LogP contribution in [0.1, 0.15) is 0 Å². The van der Waals surface area contributed by atoms with Crippen molar-refractivity contribution in [2.45, 2.75) is 6.10 Å². The van der Waals surface area contributed by atoms with E-state index in [0.29, 0.717) is 24.6 Å². The Balaban J connectivity index is 1.70. The second kappa shape index (κ2) is 9.60. The van der Waals surface area contributed by atoms with Gasteiger partial charge in [0.25, 0.3) is 0 Å². The second-order valence-corrected chi connectivity index (χ2v) is 6.48. The molecule has 0 aliphatic carbocycles. The van der Waals surface area contributed by atoms with Crippen LogP contribution in [0.2, 0.25) is 0 Å². The molecule has 1 saturated heterocycles. The molecule has 1 aliphatic rings. The van der Waals surface area contributed by atoms with E-state index in [1.807, 2.05) is 24.3 Å². The number of aliphatic hydroxyl groups is 1. The van der Waals surface area contributed by atoms with Crippen molar-refractivity contribution in [2.75, 3.05) is 67.1 Å². The van der Waals surface area contributed by atoms with Crippen LogP contribution in [0, 0.1) is 0 Å². The van der Waals surface area contributed by atoms with E-state index in [0.717, 1.165) is 26.2 Å². The van der Waals surface area contributed by atoms with Crippen LogP contribution < -0.4 is 9.47 Å². The molecule has 0 unspecified atom stereocenters. The highest BCUT2D eigenvalue weighted by Crippen LogP contribution is 2.25. The lowest BCUT2D eigenvalue weighted by Crippen LogP contribution is -2.51. The summed E-state index contributed by atoms with van der Waals surface area (Å²) in [5.74, 6) is 1.42. The zero-order valence-electron chi connectivity index (χ0n) is 15.4. The number of piperazine rings is 1. The summed E-state index contributed by atoms with van der Waals surface area (Å²) in [4.78, 5) is 17.7. The molecule has 1 aliphatic heterocycles. The van der Waals surface area contributed by atoms with Gasteiger partial charge in [0.2, 0.25) is 5.91 Å². The summed E-state index contributed by atoms with van der Waals surface area (Å²) in [5.41, 5.74) is 0. The first-order valence-corrected chi connectivity index (χ1v) is 8.58. The lowest BCUT2D eigenvalue weighted by Gasteiger charge is -2.35. The molecule has 2 rings (SSSR count). The van der Waals surface area contributed by atoms with Crippen molar-refractivity contribution in [3.05, 3.63) is 24.3 Å². The zero-order chi connectivity index (χ0) is 18.2. The minimum absolute atomic E-state index is 0.124. The number of nitrogens with zero attached hydrogens (tertiary/aromatic N) is 3. The summed E-state index contributed by atoms with van der Waals surface area (Å²) >= 11 is 0. The number of methoxy groups -OCH3 is 1. The van der Waals surface area contributed by atoms with Gasteiger partial charge in [-0.3, -0.25) is 14.6 Å². The number of ether oxygens (including phenoxy) is 2. The molecule has 1 atom stereocenters. The van der Waals surface area contributed by atoms with Gasteiger partial charge in [-0.25, -0.2) is 0 Å². The molecule has 1 aromatic carbocycles. The van der Waals surface area contributed by atoms with E-state index in [1.54, 1.807) is 26.1 Å². The zero-order valence-corrected chi connectivity index (χ0v) is 15.4. The van der Waals surface area contributed by atoms with Crippen molar-refractivity contribution in [2.24, 2.45) is 0 Å². The minimum atomic E-state index is -0.570.